The fourth-order valence-electron chi connectivity index (χ4n) is 1.39. The van der Waals surface area contributed by atoms with Crippen LogP contribution in [0.3, 0.4) is 0 Å². The maximum Gasteiger partial charge on any atom is 0.263 e. The van der Waals surface area contributed by atoms with Crippen molar-refractivity contribution in [1.29, 1.82) is 5.26 Å². The minimum absolute atomic E-state index is 0.136. The van der Waals surface area contributed by atoms with Crippen LogP contribution in [-0.2, 0) is 4.79 Å². The molecule has 0 aliphatic rings. The number of amides is 1. The van der Waals surface area contributed by atoms with Crippen LogP contribution >= 0.6 is 11.6 Å². The summed E-state index contributed by atoms with van der Waals surface area (Å²) in [5.41, 5.74) is 0.431. The van der Waals surface area contributed by atoms with Gasteiger partial charge in [-0.2, -0.15) is 5.26 Å². The van der Waals surface area contributed by atoms with E-state index in [4.69, 9.17) is 21.6 Å². The van der Waals surface area contributed by atoms with Crippen LogP contribution in [0.5, 0.6) is 5.75 Å². The minimum atomic E-state index is -0.336. The highest BCUT2D eigenvalue weighted by Gasteiger charge is 2.04. The highest BCUT2D eigenvalue weighted by Crippen LogP contribution is 2.15. The Morgan fingerprint density at radius 1 is 1.30 bits per heavy atom. The van der Waals surface area contributed by atoms with Crippen LogP contribution in [0.25, 0.3) is 0 Å². The first-order valence-electron chi connectivity index (χ1n) is 5.72. The van der Waals surface area contributed by atoms with Crippen molar-refractivity contribution in [1.82, 2.24) is 4.98 Å². The monoisotopic (exact) mass is 287 g/mol. The number of hydrogen-bond acceptors (Lipinski definition) is 4. The second-order valence-electron chi connectivity index (χ2n) is 3.83. The van der Waals surface area contributed by atoms with Crippen molar-refractivity contribution in [3.8, 4) is 11.8 Å². The molecule has 0 bridgehead atoms. The zero-order chi connectivity index (χ0) is 14.4. The Kier molecular flexibility index (Phi) is 4.53. The second kappa shape index (κ2) is 6.55. The van der Waals surface area contributed by atoms with Gasteiger partial charge in [-0.05, 0) is 36.4 Å². The normalized spacial score (nSPS) is 9.60. The van der Waals surface area contributed by atoms with Crippen LogP contribution in [0.2, 0.25) is 5.02 Å². The molecule has 1 amide bonds. The molecule has 2 aromatic rings. The lowest BCUT2D eigenvalue weighted by Crippen LogP contribution is -2.20. The summed E-state index contributed by atoms with van der Waals surface area (Å²) in [5.74, 6) is 0.586. The fraction of sp³-hybridized carbons (Fsp3) is 0.0714. The van der Waals surface area contributed by atoms with Crippen LogP contribution in [0.4, 0.5) is 5.82 Å². The molecule has 0 spiro atoms. The van der Waals surface area contributed by atoms with Crippen LogP contribution < -0.4 is 10.1 Å². The van der Waals surface area contributed by atoms with Gasteiger partial charge in [-0.25, -0.2) is 4.98 Å². The van der Waals surface area contributed by atoms with E-state index in [-0.39, 0.29) is 12.5 Å². The van der Waals surface area contributed by atoms with Gasteiger partial charge in [0, 0.05) is 11.2 Å². The third-order valence-electron chi connectivity index (χ3n) is 2.34. The van der Waals surface area contributed by atoms with Gasteiger partial charge in [0.2, 0.25) is 0 Å². The number of halogens is 1. The van der Waals surface area contributed by atoms with Crippen molar-refractivity contribution >= 4 is 23.3 Å². The van der Waals surface area contributed by atoms with Gasteiger partial charge in [0.05, 0.1) is 5.56 Å². The molecule has 20 heavy (non-hydrogen) atoms. The lowest BCUT2D eigenvalue weighted by Gasteiger charge is -2.07. The van der Waals surface area contributed by atoms with Gasteiger partial charge in [0.1, 0.15) is 17.6 Å². The molecule has 1 aromatic carbocycles. The largest absolute Gasteiger partial charge is 0.484 e. The summed E-state index contributed by atoms with van der Waals surface area (Å²) in [5, 5.41) is 11.8. The van der Waals surface area contributed by atoms with E-state index in [1.54, 1.807) is 36.4 Å². The van der Waals surface area contributed by atoms with Crippen LogP contribution in [0, 0.1) is 11.3 Å². The lowest BCUT2D eigenvalue weighted by atomic mass is 10.3. The van der Waals surface area contributed by atoms with E-state index in [0.29, 0.717) is 22.2 Å². The van der Waals surface area contributed by atoms with E-state index < -0.39 is 0 Å². The quantitative estimate of drug-likeness (QED) is 0.938. The molecule has 0 saturated heterocycles. The standard InChI is InChI=1S/C14H10ClN3O2/c15-11-2-4-12(5-3-11)20-9-14(19)18-13-6-1-10(7-16)8-17-13/h1-6,8H,9H2,(H,17,18,19). The van der Waals surface area contributed by atoms with Crippen LogP contribution in [-0.4, -0.2) is 17.5 Å². The summed E-state index contributed by atoms with van der Waals surface area (Å²) in [7, 11) is 0. The number of carbonyl (C=O) groups excluding carboxylic acids is 1. The van der Waals surface area contributed by atoms with E-state index in [9.17, 15) is 4.79 Å². The van der Waals surface area contributed by atoms with Gasteiger partial charge < -0.3 is 10.1 Å². The van der Waals surface area contributed by atoms with Crippen molar-refractivity contribution in [3.63, 3.8) is 0 Å². The Balaban J connectivity index is 1.86. The van der Waals surface area contributed by atoms with Crippen molar-refractivity contribution in [2.24, 2.45) is 0 Å². The minimum Gasteiger partial charge on any atom is -0.484 e. The number of pyridine rings is 1. The zero-order valence-corrected chi connectivity index (χ0v) is 11.1. The molecule has 1 heterocycles. The number of nitriles is 1. The topological polar surface area (TPSA) is 75.0 Å². The van der Waals surface area contributed by atoms with Gasteiger partial charge in [0.15, 0.2) is 6.61 Å². The Bertz CT molecular complexity index is 633. The summed E-state index contributed by atoms with van der Waals surface area (Å²) in [6.07, 6.45) is 1.38. The SMILES string of the molecule is N#Cc1ccc(NC(=O)COc2ccc(Cl)cc2)nc1. The second-order valence-corrected chi connectivity index (χ2v) is 4.27. The zero-order valence-electron chi connectivity index (χ0n) is 10.3. The van der Waals surface area contributed by atoms with Crippen molar-refractivity contribution in [2.75, 3.05) is 11.9 Å². The van der Waals surface area contributed by atoms with Crippen LogP contribution in [0.1, 0.15) is 5.56 Å². The number of nitrogens with one attached hydrogen (secondary N) is 1. The molecule has 6 heteroatoms. The predicted molar refractivity (Wildman–Crippen MR) is 74.5 cm³/mol. The van der Waals surface area contributed by atoms with Crippen molar-refractivity contribution in [2.45, 2.75) is 0 Å². The molecule has 100 valence electrons. The summed E-state index contributed by atoms with van der Waals surface area (Å²) >= 11 is 5.74. The Morgan fingerprint density at radius 3 is 2.65 bits per heavy atom. The van der Waals surface area contributed by atoms with Gasteiger partial charge >= 0.3 is 0 Å². The fourth-order valence-corrected chi connectivity index (χ4v) is 1.52. The van der Waals surface area contributed by atoms with E-state index in [2.05, 4.69) is 10.3 Å². The summed E-state index contributed by atoms with van der Waals surface area (Å²) in [6, 6.07) is 11.8. The van der Waals surface area contributed by atoms with Gasteiger partial charge in [-0.3, -0.25) is 4.79 Å². The first-order chi connectivity index (χ1) is 9.67. The maximum absolute atomic E-state index is 11.6. The highest BCUT2D eigenvalue weighted by molar-refractivity contribution is 6.30. The van der Waals surface area contributed by atoms with E-state index in [0.717, 1.165) is 0 Å². The van der Waals surface area contributed by atoms with E-state index in [1.807, 2.05) is 6.07 Å². The Morgan fingerprint density at radius 2 is 2.05 bits per heavy atom. The average Bonchev–Trinajstić information content (AvgIpc) is 2.47. The number of hydrogen-bond donors (Lipinski definition) is 1. The molecule has 0 unspecified atom stereocenters. The Labute approximate surface area is 120 Å². The molecule has 1 N–H and O–H groups in total. The molecule has 0 radical (unpaired) electrons. The number of aromatic nitrogens is 1. The van der Waals surface area contributed by atoms with Crippen molar-refractivity contribution < 1.29 is 9.53 Å². The third kappa shape index (κ3) is 3.97. The van der Waals surface area contributed by atoms with Gasteiger partial charge in [0.25, 0.3) is 5.91 Å². The van der Waals surface area contributed by atoms with E-state index in [1.165, 1.54) is 6.20 Å². The molecule has 0 aliphatic carbocycles. The number of rotatable bonds is 4. The van der Waals surface area contributed by atoms with Gasteiger partial charge in [-0.1, -0.05) is 11.6 Å². The molecular weight excluding hydrogens is 278 g/mol. The summed E-state index contributed by atoms with van der Waals surface area (Å²) in [6.45, 7) is -0.136. The van der Waals surface area contributed by atoms with Crippen LogP contribution in [0.15, 0.2) is 42.6 Å². The molecule has 0 saturated carbocycles. The predicted octanol–water partition coefficient (Wildman–Crippen LogP) is 2.62. The molecule has 0 atom stereocenters. The van der Waals surface area contributed by atoms with E-state index >= 15 is 0 Å². The van der Waals surface area contributed by atoms with Gasteiger partial charge in [-0.15, -0.1) is 0 Å². The first kappa shape index (κ1) is 13.8. The molecule has 2 rings (SSSR count). The molecule has 0 aliphatic heterocycles. The molecule has 5 nitrogen and oxygen atoms in total. The average molecular weight is 288 g/mol. The highest BCUT2D eigenvalue weighted by atomic mass is 35.5. The number of carbonyl (C=O) groups is 1. The summed E-state index contributed by atoms with van der Waals surface area (Å²) < 4.78 is 5.29. The smallest absolute Gasteiger partial charge is 0.263 e. The Hall–Kier alpha value is -2.58. The summed E-state index contributed by atoms with van der Waals surface area (Å²) in [4.78, 5) is 15.6. The molecule has 1 aromatic heterocycles. The lowest BCUT2D eigenvalue weighted by molar-refractivity contribution is -0.118. The third-order valence-corrected chi connectivity index (χ3v) is 2.60. The first-order valence-corrected chi connectivity index (χ1v) is 6.09. The van der Waals surface area contributed by atoms with Crippen molar-refractivity contribution in [3.05, 3.63) is 53.2 Å². The number of ether oxygens (including phenoxy) is 1. The maximum atomic E-state index is 11.6. The number of anilines is 1. The molecule has 0 fully saturated rings. The number of benzene rings is 1. The number of nitrogens with zero attached hydrogens (tertiary/aromatic N) is 2. The molecular formula is C14H10ClN3O2.